The van der Waals surface area contributed by atoms with Crippen LogP contribution in [0.2, 0.25) is 0 Å². The van der Waals surface area contributed by atoms with Gasteiger partial charge in [0.15, 0.2) is 5.69 Å². The van der Waals surface area contributed by atoms with Crippen LogP contribution in [-0.2, 0) is 13.2 Å². The number of hydrogen-bond acceptors (Lipinski definition) is 5. The first-order valence-corrected chi connectivity index (χ1v) is 7.17. The highest BCUT2D eigenvalue weighted by Crippen LogP contribution is 2.28. The Hall–Kier alpha value is -3.30. The van der Waals surface area contributed by atoms with Gasteiger partial charge in [-0.15, -0.1) is 0 Å². The monoisotopic (exact) mass is 345 g/mol. The summed E-state index contributed by atoms with van der Waals surface area (Å²) >= 11 is 0. The smallest absolute Gasteiger partial charge is 0.217 e. The minimum atomic E-state index is -4.56. The molecule has 0 N–H and O–H groups in total. The highest BCUT2D eigenvalue weighted by Gasteiger charge is 2.33. The molecule has 0 bridgehead atoms. The predicted octanol–water partition coefficient (Wildman–Crippen LogP) is 2.61. The number of nitrogens with zero attached hydrogens (tertiary/aromatic N) is 7. The molecule has 0 aliphatic heterocycles. The predicted molar refractivity (Wildman–Crippen MR) is 81.2 cm³/mol. The quantitative estimate of drug-likeness (QED) is 0.558. The lowest BCUT2D eigenvalue weighted by atomic mass is 10.1. The first kappa shape index (κ1) is 15.2. The molecule has 10 heteroatoms. The first-order valence-electron chi connectivity index (χ1n) is 7.17. The van der Waals surface area contributed by atoms with Crippen molar-refractivity contribution in [3.8, 4) is 22.5 Å². The first-order chi connectivity index (χ1) is 11.9. The van der Waals surface area contributed by atoms with Gasteiger partial charge in [-0.1, -0.05) is 18.2 Å². The fourth-order valence-electron chi connectivity index (χ4n) is 2.42. The maximum absolute atomic E-state index is 12.7. The molecule has 0 atom stereocenters. The highest BCUT2D eigenvalue weighted by molar-refractivity contribution is 5.69. The summed E-state index contributed by atoms with van der Waals surface area (Å²) in [6.07, 6.45) is -0.814. The summed E-state index contributed by atoms with van der Waals surface area (Å²) in [5, 5.41) is 12.1. The lowest BCUT2D eigenvalue weighted by molar-refractivity contribution is -0.141. The van der Waals surface area contributed by atoms with Crippen LogP contribution >= 0.6 is 0 Å². The zero-order valence-electron chi connectivity index (χ0n) is 12.8. The maximum atomic E-state index is 12.7. The molecule has 0 aliphatic rings. The van der Waals surface area contributed by atoms with Gasteiger partial charge < -0.3 is 0 Å². The van der Waals surface area contributed by atoms with E-state index in [0.29, 0.717) is 17.6 Å². The SMILES string of the molecule is Cn1ncc(-c2cccc(-c3cnc4nc(C(F)(F)F)cnn34)c2)n1. The number of rotatable bonds is 2. The Balaban J connectivity index is 1.80. The van der Waals surface area contributed by atoms with Crippen molar-refractivity contribution in [3.05, 3.63) is 48.5 Å². The second-order valence-corrected chi connectivity index (χ2v) is 5.29. The number of imidazole rings is 1. The third-order valence-electron chi connectivity index (χ3n) is 3.58. The topological polar surface area (TPSA) is 73.8 Å². The van der Waals surface area contributed by atoms with Crippen LogP contribution in [-0.4, -0.2) is 34.6 Å². The molecule has 0 saturated carbocycles. The third kappa shape index (κ3) is 2.71. The van der Waals surface area contributed by atoms with E-state index in [1.165, 1.54) is 15.5 Å². The van der Waals surface area contributed by atoms with Gasteiger partial charge in [-0.3, -0.25) is 0 Å². The summed E-state index contributed by atoms with van der Waals surface area (Å²) in [5.41, 5.74) is 1.68. The van der Waals surface area contributed by atoms with Crippen molar-refractivity contribution in [1.82, 2.24) is 34.6 Å². The van der Waals surface area contributed by atoms with E-state index < -0.39 is 11.9 Å². The van der Waals surface area contributed by atoms with Crippen molar-refractivity contribution in [2.24, 2.45) is 7.05 Å². The molecule has 126 valence electrons. The van der Waals surface area contributed by atoms with Gasteiger partial charge in [-0.2, -0.15) is 37.8 Å². The zero-order valence-corrected chi connectivity index (χ0v) is 12.8. The molecule has 3 aromatic heterocycles. The van der Waals surface area contributed by atoms with E-state index in [-0.39, 0.29) is 5.78 Å². The second kappa shape index (κ2) is 5.36. The van der Waals surface area contributed by atoms with E-state index in [1.807, 2.05) is 24.3 Å². The van der Waals surface area contributed by atoms with E-state index in [1.54, 1.807) is 13.2 Å². The van der Waals surface area contributed by atoms with Crippen molar-refractivity contribution in [3.63, 3.8) is 0 Å². The molecule has 0 saturated heterocycles. The number of alkyl halides is 3. The molecular weight excluding hydrogens is 335 g/mol. The average Bonchev–Trinajstić information content (AvgIpc) is 3.20. The van der Waals surface area contributed by atoms with Gasteiger partial charge in [0.05, 0.1) is 24.3 Å². The number of aromatic nitrogens is 7. The van der Waals surface area contributed by atoms with Crippen LogP contribution in [0.1, 0.15) is 5.69 Å². The minimum Gasteiger partial charge on any atom is -0.217 e. The van der Waals surface area contributed by atoms with E-state index >= 15 is 0 Å². The summed E-state index contributed by atoms with van der Waals surface area (Å²) in [7, 11) is 1.71. The number of benzene rings is 1. The summed E-state index contributed by atoms with van der Waals surface area (Å²) in [6, 6.07) is 7.33. The van der Waals surface area contributed by atoms with Crippen molar-refractivity contribution < 1.29 is 13.2 Å². The van der Waals surface area contributed by atoms with Crippen LogP contribution < -0.4 is 0 Å². The van der Waals surface area contributed by atoms with Gasteiger partial charge in [0, 0.05) is 18.2 Å². The lowest BCUT2D eigenvalue weighted by Crippen LogP contribution is -2.11. The Bertz CT molecular complexity index is 1060. The normalized spacial score (nSPS) is 12.0. The Morgan fingerprint density at radius 3 is 2.52 bits per heavy atom. The molecule has 4 rings (SSSR count). The number of aryl methyl sites for hydroxylation is 1. The van der Waals surface area contributed by atoms with Gasteiger partial charge in [0.1, 0.15) is 5.69 Å². The van der Waals surface area contributed by atoms with E-state index in [9.17, 15) is 13.2 Å². The number of fused-ring (bicyclic) bond motifs is 1. The van der Waals surface area contributed by atoms with Crippen LogP contribution in [0.3, 0.4) is 0 Å². The van der Waals surface area contributed by atoms with E-state index in [4.69, 9.17) is 0 Å². The fraction of sp³-hybridized carbons (Fsp3) is 0.133. The molecule has 4 aromatic rings. The Morgan fingerprint density at radius 2 is 1.80 bits per heavy atom. The van der Waals surface area contributed by atoms with Crippen LogP contribution in [0.5, 0.6) is 0 Å². The summed E-state index contributed by atoms with van der Waals surface area (Å²) in [4.78, 5) is 8.89. The molecule has 1 aromatic carbocycles. The standard InChI is InChI=1S/C15H10F3N7/c1-24-20-6-11(23-24)9-3-2-4-10(5-9)12-7-19-14-22-13(15(16,17)18)8-21-25(12)14/h2-8H,1H3. The minimum absolute atomic E-state index is 0.116. The molecule has 25 heavy (non-hydrogen) atoms. The van der Waals surface area contributed by atoms with Gasteiger partial charge in [0.2, 0.25) is 0 Å². The molecule has 0 spiro atoms. The summed E-state index contributed by atoms with van der Waals surface area (Å²) < 4.78 is 39.5. The second-order valence-electron chi connectivity index (χ2n) is 5.29. The maximum Gasteiger partial charge on any atom is 0.435 e. The van der Waals surface area contributed by atoms with Crippen molar-refractivity contribution in [1.29, 1.82) is 0 Å². The van der Waals surface area contributed by atoms with Crippen LogP contribution in [0.4, 0.5) is 13.2 Å². The average molecular weight is 345 g/mol. The van der Waals surface area contributed by atoms with Crippen LogP contribution in [0.15, 0.2) is 42.9 Å². The molecule has 7 nitrogen and oxygen atoms in total. The molecule has 0 radical (unpaired) electrons. The van der Waals surface area contributed by atoms with Gasteiger partial charge in [-0.05, 0) is 6.07 Å². The Morgan fingerprint density at radius 1 is 1.00 bits per heavy atom. The molecule has 0 aliphatic carbocycles. The molecule has 3 heterocycles. The van der Waals surface area contributed by atoms with Crippen molar-refractivity contribution in [2.75, 3.05) is 0 Å². The summed E-state index contributed by atoms with van der Waals surface area (Å²) in [6.45, 7) is 0. The largest absolute Gasteiger partial charge is 0.435 e. The lowest BCUT2D eigenvalue weighted by Gasteiger charge is -2.06. The molecule has 0 unspecified atom stereocenters. The van der Waals surface area contributed by atoms with Gasteiger partial charge in [-0.25, -0.2) is 9.97 Å². The van der Waals surface area contributed by atoms with Gasteiger partial charge in [0.25, 0.3) is 5.78 Å². The van der Waals surface area contributed by atoms with Crippen LogP contribution in [0.25, 0.3) is 28.3 Å². The van der Waals surface area contributed by atoms with E-state index in [2.05, 4.69) is 25.3 Å². The van der Waals surface area contributed by atoms with E-state index in [0.717, 1.165) is 11.1 Å². The Kier molecular flexibility index (Phi) is 3.27. The zero-order chi connectivity index (χ0) is 17.6. The number of hydrogen-bond donors (Lipinski definition) is 0. The molecular formula is C15H10F3N7. The van der Waals surface area contributed by atoms with Crippen molar-refractivity contribution >= 4 is 5.78 Å². The third-order valence-corrected chi connectivity index (χ3v) is 3.58. The Labute approximate surface area is 138 Å². The molecule has 0 fully saturated rings. The highest BCUT2D eigenvalue weighted by atomic mass is 19.4. The number of halogens is 3. The fourth-order valence-corrected chi connectivity index (χ4v) is 2.42. The summed E-state index contributed by atoms with van der Waals surface area (Å²) in [5.74, 6) is -0.116. The van der Waals surface area contributed by atoms with Crippen LogP contribution in [0, 0.1) is 0 Å². The molecule has 0 amide bonds. The van der Waals surface area contributed by atoms with Crippen molar-refractivity contribution in [2.45, 2.75) is 6.18 Å². The van der Waals surface area contributed by atoms with Gasteiger partial charge >= 0.3 is 6.18 Å².